The number of rotatable bonds is 3. The molecule has 0 unspecified atom stereocenters. The first kappa shape index (κ1) is 26.7. The Labute approximate surface area is 208 Å². The van der Waals surface area contributed by atoms with Crippen molar-refractivity contribution >= 4 is 23.6 Å². The molecule has 4 N–H and O–H groups in total. The van der Waals surface area contributed by atoms with E-state index in [0.29, 0.717) is 24.9 Å². The number of aromatic nitrogens is 4. The molecule has 0 aliphatic carbocycles. The molecule has 1 aromatic carbocycles. The molecule has 3 rings (SSSR count). The van der Waals surface area contributed by atoms with Gasteiger partial charge in [-0.3, -0.25) is 19.2 Å². The van der Waals surface area contributed by atoms with Crippen molar-refractivity contribution in [3.63, 3.8) is 0 Å². The number of nitrogens with one attached hydrogen (secondary N) is 3. The Kier molecular flexibility index (Phi) is 9.06. The fraction of sp³-hybridized carbons (Fsp3) is 0.522. The van der Waals surface area contributed by atoms with Gasteiger partial charge in [-0.25, -0.2) is 4.68 Å². The van der Waals surface area contributed by atoms with E-state index in [4.69, 9.17) is 0 Å². The molecule has 4 amide bonds. The number of benzene rings is 1. The van der Waals surface area contributed by atoms with Crippen LogP contribution in [-0.4, -0.2) is 91.7 Å². The lowest BCUT2D eigenvalue weighted by Crippen LogP contribution is -2.56. The van der Waals surface area contributed by atoms with Gasteiger partial charge in [0.1, 0.15) is 18.9 Å². The highest BCUT2D eigenvalue weighted by atomic mass is 16.3. The van der Waals surface area contributed by atoms with Gasteiger partial charge in [-0.1, -0.05) is 6.07 Å². The quantitative estimate of drug-likeness (QED) is 0.397. The molecule has 3 atom stereocenters. The number of amides is 4. The fourth-order valence-electron chi connectivity index (χ4n) is 3.90. The Morgan fingerprint density at radius 1 is 1.25 bits per heavy atom. The van der Waals surface area contributed by atoms with Gasteiger partial charge in [0.05, 0.1) is 12.6 Å². The zero-order chi connectivity index (χ0) is 26.2. The SMILES string of the molecule is Cc1ccc2cc1CCCNC(=O)CN(C(=O)Cn1cnnn1)C[C@@H](C)NC(=O)[C@H]([C@@H](C)O)NC2=O. The maximum absolute atomic E-state index is 12.9. The lowest BCUT2D eigenvalue weighted by atomic mass is 10.00. The van der Waals surface area contributed by atoms with E-state index in [2.05, 4.69) is 31.5 Å². The fourth-order valence-corrected chi connectivity index (χ4v) is 3.90. The van der Waals surface area contributed by atoms with E-state index in [-0.39, 0.29) is 25.5 Å². The number of aliphatic hydroxyl groups excluding tert-OH is 1. The molecule has 2 heterocycles. The lowest BCUT2D eigenvalue weighted by Gasteiger charge is -2.28. The Morgan fingerprint density at radius 2 is 2.03 bits per heavy atom. The second-order valence-electron chi connectivity index (χ2n) is 8.98. The number of aryl methyl sites for hydroxylation is 2. The number of nitrogens with zero attached hydrogens (tertiary/aromatic N) is 5. The van der Waals surface area contributed by atoms with Crippen molar-refractivity contribution in [3.05, 3.63) is 41.2 Å². The summed E-state index contributed by atoms with van der Waals surface area (Å²) in [5.41, 5.74) is 2.30. The Hall–Kier alpha value is -3.87. The Morgan fingerprint density at radius 3 is 2.72 bits per heavy atom. The zero-order valence-corrected chi connectivity index (χ0v) is 20.6. The van der Waals surface area contributed by atoms with Crippen LogP contribution in [0, 0.1) is 6.92 Å². The van der Waals surface area contributed by atoms with Crippen molar-refractivity contribution in [1.29, 1.82) is 0 Å². The summed E-state index contributed by atoms with van der Waals surface area (Å²) >= 11 is 0. The predicted molar refractivity (Wildman–Crippen MR) is 127 cm³/mol. The van der Waals surface area contributed by atoms with Crippen LogP contribution in [0.2, 0.25) is 0 Å². The average molecular weight is 501 g/mol. The van der Waals surface area contributed by atoms with Gasteiger partial charge in [0.15, 0.2) is 0 Å². The van der Waals surface area contributed by atoms with Crippen LogP contribution < -0.4 is 16.0 Å². The first-order chi connectivity index (χ1) is 17.1. The number of tetrazole rings is 1. The summed E-state index contributed by atoms with van der Waals surface area (Å²) in [5.74, 6) is -1.85. The summed E-state index contributed by atoms with van der Waals surface area (Å²) in [6.45, 7) is 5.01. The third kappa shape index (κ3) is 7.31. The number of carbonyl (C=O) groups is 4. The van der Waals surface area contributed by atoms with Crippen LogP contribution >= 0.6 is 0 Å². The van der Waals surface area contributed by atoms with Gasteiger partial charge in [-0.05, 0) is 67.3 Å². The number of fused-ring (bicyclic) bond motifs is 2. The zero-order valence-electron chi connectivity index (χ0n) is 20.6. The molecule has 1 aliphatic heterocycles. The van der Waals surface area contributed by atoms with Crippen molar-refractivity contribution in [3.8, 4) is 0 Å². The topological polar surface area (TPSA) is 171 Å². The second-order valence-corrected chi connectivity index (χ2v) is 8.98. The van der Waals surface area contributed by atoms with Gasteiger partial charge in [-0.2, -0.15) is 0 Å². The summed E-state index contributed by atoms with van der Waals surface area (Å²) in [5, 5.41) is 29.0. The van der Waals surface area contributed by atoms with E-state index < -0.39 is 35.9 Å². The van der Waals surface area contributed by atoms with Crippen LogP contribution in [-0.2, 0) is 27.3 Å². The van der Waals surface area contributed by atoms with Crippen LogP contribution in [0.5, 0.6) is 0 Å². The van der Waals surface area contributed by atoms with E-state index >= 15 is 0 Å². The summed E-state index contributed by atoms with van der Waals surface area (Å²) < 4.78 is 1.24. The van der Waals surface area contributed by atoms with Gasteiger partial charge in [0.25, 0.3) is 5.91 Å². The molecule has 36 heavy (non-hydrogen) atoms. The smallest absolute Gasteiger partial charge is 0.252 e. The van der Waals surface area contributed by atoms with Gasteiger partial charge < -0.3 is 26.0 Å². The first-order valence-electron chi connectivity index (χ1n) is 11.8. The maximum Gasteiger partial charge on any atom is 0.252 e. The molecule has 1 aliphatic rings. The highest BCUT2D eigenvalue weighted by Crippen LogP contribution is 2.14. The molecule has 0 fully saturated rings. The molecule has 0 radical (unpaired) electrons. The van der Waals surface area contributed by atoms with Crippen molar-refractivity contribution < 1.29 is 24.3 Å². The largest absolute Gasteiger partial charge is 0.391 e. The highest BCUT2D eigenvalue weighted by molar-refractivity contribution is 5.98. The minimum absolute atomic E-state index is 0.0145. The third-order valence-corrected chi connectivity index (χ3v) is 5.87. The molecule has 13 nitrogen and oxygen atoms in total. The summed E-state index contributed by atoms with van der Waals surface area (Å²) in [6.07, 6.45) is 1.36. The number of aliphatic hydroxyl groups is 1. The molecular weight excluding hydrogens is 468 g/mol. The van der Waals surface area contributed by atoms with Gasteiger partial charge >= 0.3 is 0 Å². The predicted octanol–water partition coefficient (Wildman–Crippen LogP) is -1.44. The normalized spacial score (nSPS) is 21.1. The van der Waals surface area contributed by atoms with Crippen molar-refractivity contribution in [2.45, 2.75) is 58.3 Å². The summed E-state index contributed by atoms with van der Waals surface area (Å²) in [7, 11) is 0. The molecule has 0 saturated heterocycles. The maximum atomic E-state index is 12.9. The molecule has 194 valence electrons. The van der Waals surface area contributed by atoms with E-state index in [9.17, 15) is 24.3 Å². The standard InChI is InChI=1S/C23H32N8O5/c1-14-6-7-18-9-17(14)5-4-8-24-19(33)11-30(20(34)12-31-13-25-28-29-31)10-15(2)26-23(36)21(16(3)32)27-22(18)35/h6-7,9,13,15-16,21,32H,4-5,8,10-12H2,1-3H3,(H,24,33)(H,26,36)(H,27,35)/t15-,16-,21+/m1/s1. The number of carbonyl (C=O) groups excluding carboxylic acids is 4. The molecular formula is C23H32N8O5. The van der Waals surface area contributed by atoms with Crippen LogP contribution in [0.15, 0.2) is 24.5 Å². The molecule has 0 spiro atoms. The molecule has 1 aromatic heterocycles. The minimum atomic E-state index is -1.21. The molecule has 2 bridgehead atoms. The molecule has 13 heteroatoms. The van der Waals surface area contributed by atoms with E-state index in [1.165, 1.54) is 22.8 Å². The van der Waals surface area contributed by atoms with Gasteiger partial charge in [0, 0.05) is 24.7 Å². The van der Waals surface area contributed by atoms with Crippen molar-refractivity contribution in [1.82, 2.24) is 41.1 Å². The summed E-state index contributed by atoms with van der Waals surface area (Å²) in [4.78, 5) is 52.6. The highest BCUT2D eigenvalue weighted by Gasteiger charge is 2.29. The number of hydrogen-bond donors (Lipinski definition) is 4. The Balaban J connectivity index is 1.83. The van der Waals surface area contributed by atoms with Gasteiger partial charge in [-0.15, -0.1) is 5.10 Å². The Bertz CT molecular complexity index is 1090. The first-order valence-corrected chi connectivity index (χ1v) is 11.8. The van der Waals surface area contributed by atoms with Crippen LogP contribution in [0.3, 0.4) is 0 Å². The third-order valence-electron chi connectivity index (χ3n) is 5.87. The molecule has 2 aromatic rings. The second kappa shape index (κ2) is 12.2. The van der Waals surface area contributed by atoms with Crippen LogP contribution in [0.25, 0.3) is 0 Å². The van der Waals surface area contributed by atoms with Crippen molar-refractivity contribution in [2.24, 2.45) is 0 Å². The van der Waals surface area contributed by atoms with Crippen LogP contribution in [0.4, 0.5) is 0 Å². The van der Waals surface area contributed by atoms with E-state index in [1.54, 1.807) is 19.1 Å². The summed E-state index contributed by atoms with van der Waals surface area (Å²) in [6, 6.07) is 3.43. The minimum Gasteiger partial charge on any atom is -0.391 e. The average Bonchev–Trinajstić information content (AvgIpc) is 3.32. The monoisotopic (exact) mass is 500 g/mol. The van der Waals surface area contributed by atoms with E-state index in [0.717, 1.165) is 11.1 Å². The number of hydrogen-bond acceptors (Lipinski definition) is 8. The lowest BCUT2D eigenvalue weighted by molar-refractivity contribution is -0.137. The van der Waals surface area contributed by atoms with E-state index in [1.807, 2.05) is 13.0 Å². The van der Waals surface area contributed by atoms with Gasteiger partial charge in [0.2, 0.25) is 17.7 Å². The van der Waals surface area contributed by atoms with Crippen LogP contribution in [0.1, 0.15) is 41.8 Å². The van der Waals surface area contributed by atoms with Crippen molar-refractivity contribution in [2.75, 3.05) is 19.6 Å². The molecule has 0 saturated carbocycles.